The maximum absolute atomic E-state index is 11.8. The van der Waals surface area contributed by atoms with Gasteiger partial charge in [-0.15, -0.1) is 0 Å². The molecule has 0 spiro atoms. The molecule has 9 heteroatoms. The van der Waals surface area contributed by atoms with Crippen molar-refractivity contribution in [3.63, 3.8) is 0 Å². The molecule has 2 atom stereocenters. The van der Waals surface area contributed by atoms with Gasteiger partial charge in [0.1, 0.15) is 12.6 Å². The molecule has 1 fully saturated rings. The average molecular weight is 350 g/mol. The minimum atomic E-state index is -1.11. The number of rotatable bonds is 7. The molecule has 1 heterocycles. The summed E-state index contributed by atoms with van der Waals surface area (Å²) in [6.07, 6.45) is -0.841. The summed E-state index contributed by atoms with van der Waals surface area (Å²) in [5, 5.41) is 4.58. The molecule has 1 aliphatic rings. The highest BCUT2D eigenvalue weighted by molar-refractivity contribution is 6.01. The Kier molecular flexibility index (Phi) is 6.33. The lowest BCUT2D eigenvalue weighted by Crippen LogP contribution is -2.72. The predicted octanol–water partition coefficient (Wildman–Crippen LogP) is -0.114. The molecule has 25 heavy (non-hydrogen) atoms. The SMILES string of the molecule is CCOC(=O)COC(=O)C1NC(=O)C1NC(=O)OCc1ccccc1. The van der Waals surface area contributed by atoms with Crippen LogP contribution in [0.5, 0.6) is 0 Å². The quantitative estimate of drug-likeness (QED) is 0.400. The van der Waals surface area contributed by atoms with Crippen LogP contribution in [-0.4, -0.2) is 49.2 Å². The summed E-state index contributed by atoms with van der Waals surface area (Å²) in [6, 6.07) is 6.79. The lowest BCUT2D eigenvalue weighted by Gasteiger charge is -2.34. The fourth-order valence-corrected chi connectivity index (χ4v) is 2.04. The molecule has 9 nitrogen and oxygen atoms in total. The van der Waals surface area contributed by atoms with Gasteiger partial charge in [0.05, 0.1) is 6.61 Å². The van der Waals surface area contributed by atoms with Crippen LogP contribution in [0.4, 0.5) is 4.79 Å². The van der Waals surface area contributed by atoms with Crippen LogP contribution >= 0.6 is 0 Å². The molecule has 0 radical (unpaired) electrons. The number of ether oxygens (including phenoxy) is 3. The number of alkyl carbamates (subject to hydrolysis) is 1. The van der Waals surface area contributed by atoms with Crippen LogP contribution < -0.4 is 10.6 Å². The predicted molar refractivity (Wildman–Crippen MR) is 83.1 cm³/mol. The van der Waals surface area contributed by atoms with E-state index in [4.69, 9.17) is 9.47 Å². The molecule has 0 aromatic heterocycles. The molecule has 0 bridgehead atoms. The third-order valence-corrected chi connectivity index (χ3v) is 3.29. The van der Waals surface area contributed by atoms with E-state index < -0.39 is 42.6 Å². The Bertz CT molecular complexity index is 647. The summed E-state index contributed by atoms with van der Waals surface area (Å²) in [5.74, 6) is -2.09. The normalized spacial score (nSPS) is 18.4. The molecule has 2 unspecified atom stereocenters. The molecular formula is C16H18N2O7. The minimum Gasteiger partial charge on any atom is -0.463 e. The van der Waals surface area contributed by atoms with Gasteiger partial charge in [-0.3, -0.25) is 4.79 Å². The Labute approximate surface area is 143 Å². The number of esters is 2. The van der Waals surface area contributed by atoms with Gasteiger partial charge in [0.2, 0.25) is 5.91 Å². The molecule has 2 N–H and O–H groups in total. The highest BCUT2D eigenvalue weighted by atomic mass is 16.6. The van der Waals surface area contributed by atoms with E-state index in [2.05, 4.69) is 15.4 Å². The molecule has 2 rings (SSSR count). The van der Waals surface area contributed by atoms with Gasteiger partial charge >= 0.3 is 18.0 Å². The molecule has 134 valence electrons. The molecule has 1 aliphatic heterocycles. The van der Waals surface area contributed by atoms with E-state index in [1.165, 1.54) is 0 Å². The van der Waals surface area contributed by atoms with Crippen LogP contribution in [0.1, 0.15) is 12.5 Å². The van der Waals surface area contributed by atoms with Crippen molar-refractivity contribution in [2.24, 2.45) is 0 Å². The zero-order valence-corrected chi connectivity index (χ0v) is 13.5. The van der Waals surface area contributed by atoms with Crippen LogP contribution in [0.15, 0.2) is 30.3 Å². The number of amides is 2. The largest absolute Gasteiger partial charge is 0.463 e. The molecule has 1 aromatic rings. The second-order valence-corrected chi connectivity index (χ2v) is 5.08. The molecular weight excluding hydrogens is 332 g/mol. The van der Waals surface area contributed by atoms with Crippen molar-refractivity contribution in [2.45, 2.75) is 25.6 Å². The first-order valence-corrected chi connectivity index (χ1v) is 7.61. The number of hydrogen-bond acceptors (Lipinski definition) is 7. The Balaban J connectivity index is 1.77. The van der Waals surface area contributed by atoms with E-state index in [1.54, 1.807) is 31.2 Å². The fourth-order valence-electron chi connectivity index (χ4n) is 2.04. The second kappa shape index (κ2) is 8.67. The summed E-state index contributed by atoms with van der Waals surface area (Å²) in [7, 11) is 0. The van der Waals surface area contributed by atoms with Crippen LogP contribution in [0.3, 0.4) is 0 Å². The molecule has 0 saturated carbocycles. The van der Waals surface area contributed by atoms with E-state index >= 15 is 0 Å². The smallest absolute Gasteiger partial charge is 0.408 e. The first kappa shape index (κ1) is 18.2. The number of β-lactam (4-membered cyclic amide) rings is 1. The van der Waals surface area contributed by atoms with E-state index in [-0.39, 0.29) is 13.2 Å². The first-order chi connectivity index (χ1) is 12.0. The standard InChI is InChI=1S/C16H18N2O7/c1-2-23-11(19)9-24-15(21)13-12(14(20)17-13)18-16(22)25-8-10-6-4-3-5-7-10/h3-7,12-13H,2,8-9H2,1H3,(H,17,20)(H,18,22). The highest BCUT2D eigenvalue weighted by Gasteiger charge is 2.46. The number of hydrogen-bond donors (Lipinski definition) is 2. The summed E-state index contributed by atoms with van der Waals surface area (Å²) >= 11 is 0. The summed E-state index contributed by atoms with van der Waals surface area (Å²) in [5.41, 5.74) is 0.779. The van der Waals surface area contributed by atoms with Crippen molar-refractivity contribution < 1.29 is 33.4 Å². The van der Waals surface area contributed by atoms with Gasteiger partial charge in [0.25, 0.3) is 0 Å². The van der Waals surface area contributed by atoms with Crippen molar-refractivity contribution in [2.75, 3.05) is 13.2 Å². The van der Waals surface area contributed by atoms with E-state index in [1.807, 2.05) is 6.07 Å². The van der Waals surface area contributed by atoms with Gasteiger partial charge in [-0.25, -0.2) is 14.4 Å². The molecule has 1 saturated heterocycles. The topological polar surface area (TPSA) is 120 Å². The van der Waals surface area contributed by atoms with Gasteiger partial charge in [-0.2, -0.15) is 0 Å². The maximum atomic E-state index is 11.8. The summed E-state index contributed by atoms with van der Waals surface area (Å²) < 4.78 is 14.3. The molecule has 1 aromatic carbocycles. The highest BCUT2D eigenvalue weighted by Crippen LogP contribution is 2.09. The minimum absolute atomic E-state index is 0.0268. The number of benzene rings is 1. The summed E-state index contributed by atoms with van der Waals surface area (Å²) in [6.45, 7) is 1.24. The Morgan fingerprint density at radius 1 is 1.12 bits per heavy atom. The zero-order valence-electron chi connectivity index (χ0n) is 13.5. The van der Waals surface area contributed by atoms with Gasteiger partial charge in [0, 0.05) is 0 Å². The number of nitrogens with one attached hydrogen (secondary N) is 2. The summed E-state index contributed by atoms with van der Waals surface area (Å²) in [4.78, 5) is 46.2. The molecule has 0 aliphatic carbocycles. The maximum Gasteiger partial charge on any atom is 0.408 e. The van der Waals surface area contributed by atoms with E-state index in [9.17, 15) is 19.2 Å². The van der Waals surface area contributed by atoms with Crippen molar-refractivity contribution in [3.8, 4) is 0 Å². The van der Waals surface area contributed by atoms with Gasteiger partial charge in [0.15, 0.2) is 12.6 Å². The van der Waals surface area contributed by atoms with Crippen molar-refractivity contribution in [1.29, 1.82) is 0 Å². The second-order valence-electron chi connectivity index (χ2n) is 5.08. The van der Waals surface area contributed by atoms with Crippen molar-refractivity contribution in [1.82, 2.24) is 10.6 Å². The lowest BCUT2D eigenvalue weighted by molar-refractivity contribution is -0.163. The third kappa shape index (κ3) is 5.20. The van der Waals surface area contributed by atoms with E-state index in [0.717, 1.165) is 5.56 Å². The monoisotopic (exact) mass is 350 g/mol. The Morgan fingerprint density at radius 3 is 2.48 bits per heavy atom. The Morgan fingerprint density at radius 2 is 1.84 bits per heavy atom. The van der Waals surface area contributed by atoms with Gasteiger partial charge in [-0.05, 0) is 12.5 Å². The van der Waals surface area contributed by atoms with Gasteiger partial charge < -0.3 is 24.8 Å². The van der Waals surface area contributed by atoms with E-state index in [0.29, 0.717) is 0 Å². The van der Waals surface area contributed by atoms with Crippen molar-refractivity contribution >= 4 is 23.9 Å². The van der Waals surface area contributed by atoms with Crippen LogP contribution in [0.2, 0.25) is 0 Å². The number of carbonyl (C=O) groups excluding carboxylic acids is 4. The fraction of sp³-hybridized carbons (Fsp3) is 0.375. The van der Waals surface area contributed by atoms with Crippen LogP contribution in [0.25, 0.3) is 0 Å². The van der Waals surface area contributed by atoms with Crippen molar-refractivity contribution in [3.05, 3.63) is 35.9 Å². The average Bonchev–Trinajstić information content (AvgIpc) is 2.61. The van der Waals surface area contributed by atoms with Crippen LogP contribution in [-0.2, 0) is 35.2 Å². The van der Waals surface area contributed by atoms with Crippen LogP contribution in [0, 0.1) is 0 Å². The first-order valence-electron chi connectivity index (χ1n) is 7.61. The zero-order chi connectivity index (χ0) is 18.2. The molecule has 2 amide bonds. The van der Waals surface area contributed by atoms with Gasteiger partial charge in [-0.1, -0.05) is 30.3 Å². The number of carbonyl (C=O) groups is 4. The third-order valence-electron chi connectivity index (χ3n) is 3.29. The lowest BCUT2D eigenvalue weighted by atomic mass is 9.99. The Hall–Kier alpha value is -3.10.